The Morgan fingerprint density at radius 3 is 2.31 bits per heavy atom. The van der Waals surface area contributed by atoms with E-state index in [1.54, 1.807) is 0 Å². The Morgan fingerprint density at radius 1 is 1.31 bits per heavy atom. The molecular weight excluding hydrogens is 170 g/mol. The number of nitrogens with one attached hydrogen (secondary N) is 1. The highest BCUT2D eigenvalue weighted by molar-refractivity contribution is 4.89. The molecule has 0 bridgehead atoms. The van der Waals surface area contributed by atoms with E-state index in [1.807, 2.05) is 20.8 Å². The monoisotopic (exact) mass is 185 g/mol. The molecule has 0 unspecified atom stereocenters. The van der Waals surface area contributed by atoms with Gasteiger partial charge in [0.2, 0.25) is 12.1 Å². The fourth-order valence-corrected chi connectivity index (χ4v) is 0.965. The maximum atomic E-state index is 5.31. The molecule has 5 nitrogen and oxygen atoms in total. The summed E-state index contributed by atoms with van der Waals surface area (Å²) in [6, 6.07) is 0. The Morgan fingerprint density at radius 2 is 1.92 bits per heavy atom. The van der Waals surface area contributed by atoms with Crippen LogP contribution in [0, 0.1) is 6.92 Å². The number of hydrogen-bond acceptors (Lipinski definition) is 4. The van der Waals surface area contributed by atoms with Crippen molar-refractivity contribution in [2.24, 2.45) is 0 Å². The van der Waals surface area contributed by atoms with E-state index in [9.17, 15) is 0 Å². The summed E-state index contributed by atoms with van der Waals surface area (Å²) >= 11 is 0. The van der Waals surface area contributed by atoms with E-state index in [4.69, 9.17) is 9.47 Å². The second-order valence-corrected chi connectivity index (χ2v) is 2.52. The standard InChI is InChI=1S/C8H15N3O2/c1-4-12-8(13-5-2)7-9-6(3)10-11-7/h8H,4-5H2,1-3H3,(H,9,10,11). The second-order valence-electron chi connectivity index (χ2n) is 2.52. The lowest BCUT2D eigenvalue weighted by Crippen LogP contribution is -2.10. The zero-order chi connectivity index (χ0) is 9.68. The van der Waals surface area contributed by atoms with Crippen molar-refractivity contribution in [2.75, 3.05) is 13.2 Å². The normalized spacial score (nSPS) is 11.1. The van der Waals surface area contributed by atoms with E-state index in [0.29, 0.717) is 19.0 Å². The second kappa shape index (κ2) is 4.94. The minimum absolute atomic E-state index is 0.444. The first-order valence-electron chi connectivity index (χ1n) is 4.40. The van der Waals surface area contributed by atoms with Crippen LogP contribution in [0.1, 0.15) is 31.8 Å². The summed E-state index contributed by atoms with van der Waals surface area (Å²) in [6.07, 6.45) is -0.444. The van der Waals surface area contributed by atoms with Crippen molar-refractivity contribution < 1.29 is 9.47 Å². The molecule has 13 heavy (non-hydrogen) atoms. The molecule has 5 heteroatoms. The number of nitrogens with zero attached hydrogens (tertiary/aromatic N) is 2. The molecule has 1 N–H and O–H groups in total. The van der Waals surface area contributed by atoms with E-state index < -0.39 is 6.29 Å². The van der Waals surface area contributed by atoms with Crippen LogP contribution >= 0.6 is 0 Å². The zero-order valence-corrected chi connectivity index (χ0v) is 8.20. The summed E-state index contributed by atoms with van der Waals surface area (Å²) in [5, 5.41) is 6.71. The lowest BCUT2D eigenvalue weighted by molar-refractivity contribution is -0.145. The molecule has 0 spiro atoms. The largest absolute Gasteiger partial charge is 0.346 e. The molecule has 74 valence electrons. The van der Waals surface area contributed by atoms with Gasteiger partial charge in [0.05, 0.1) is 0 Å². The lowest BCUT2D eigenvalue weighted by Gasteiger charge is -2.12. The Kier molecular flexibility index (Phi) is 3.85. The van der Waals surface area contributed by atoms with Gasteiger partial charge in [0.15, 0.2) is 0 Å². The van der Waals surface area contributed by atoms with Gasteiger partial charge in [0.25, 0.3) is 0 Å². The third-order valence-electron chi connectivity index (χ3n) is 1.46. The molecule has 0 fully saturated rings. The number of H-pyrrole nitrogens is 1. The first-order chi connectivity index (χ1) is 6.27. The van der Waals surface area contributed by atoms with Crippen LogP contribution in [0.3, 0.4) is 0 Å². The Labute approximate surface area is 77.5 Å². The summed E-state index contributed by atoms with van der Waals surface area (Å²) in [4.78, 5) is 4.13. The third kappa shape index (κ3) is 2.78. The van der Waals surface area contributed by atoms with Crippen molar-refractivity contribution in [3.8, 4) is 0 Å². The summed E-state index contributed by atoms with van der Waals surface area (Å²) in [5.41, 5.74) is 0. The molecule has 0 aliphatic rings. The topological polar surface area (TPSA) is 60.0 Å². The van der Waals surface area contributed by atoms with Crippen LogP contribution in [0.25, 0.3) is 0 Å². The highest BCUT2D eigenvalue weighted by Gasteiger charge is 2.15. The number of ether oxygens (including phenoxy) is 2. The fraction of sp³-hybridized carbons (Fsp3) is 0.750. The predicted molar refractivity (Wildman–Crippen MR) is 47.1 cm³/mol. The molecule has 0 atom stereocenters. The SMILES string of the molecule is CCOC(OCC)c1n[nH]c(C)n1. The Balaban J connectivity index is 2.63. The van der Waals surface area contributed by atoms with Crippen LogP contribution in [0.2, 0.25) is 0 Å². The van der Waals surface area contributed by atoms with Crippen LogP contribution in [-0.2, 0) is 9.47 Å². The molecule has 1 aromatic heterocycles. The smallest absolute Gasteiger partial charge is 0.221 e. The van der Waals surface area contributed by atoms with Crippen molar-refractivity contribution in [1.29, 1.82) is 0 Å². The summed E-state index contributed by atoms with van der Waals surface area (Å²) in [5.74, 6) is 1.32. The van der Waals surface area contributed by atoms with E-state index in [0.717, 1.165) is 5.82 Å². The number of aromatic nitrogens is 3. The van der Waals surface area contributed by atoms with Gasteiger partial charge < -0.3 is 9.47 Å². The van der Waals surface area contributed by atoms with Gasteiger partial charge in [-0.2, -0.15) is 5.10 Å². The van der Waals surface area contributed by atoms with Crippen LogP contribution in [0.15, 0.2) is 0 Å². The first kappa shape index (κ1) is 10.1. The van der Waals surface area contributed by atoms with Gasteiger partial charge in [-0.3, -0.25) is 5.10 Å². The third-order valence-corrected chi connectivity index (χ3v) is 1.46. The summed E-state index contributed by atoms with van der Waals surface area (Å²) in [7, 11) is 0. The van der Waals surface area contributed by atoms with Crippen LogP contribution in [0.4, 0.5) is 0 Å². The van der Waals surface area contributed by atoms with Crippen molar-refractivity contribution in [2.45, 2.75) is 27.1 Å². The van der Waals surface area contributed by atoms with Crippen molar-refractivity contribution >= 4 is 0 Å². The number of hydrogen-bond donors (Lipinski definition) is 1. The molecule has 0 aromatic carbocycles. The molecule has 0 aliphatic carbocycles. The maximum absolute atomic E-state index is 5.31. The lowest BCUT2D eigenvalue weighted by atomic mass is 10.5. The molecule has 1 aromatic rings. The van der Waals surface area contributed by atoms with Gasteiger partial charge in [-0.1, -0.05) is 0 Å². The summed E-state index contributed by atoms with van der Waals surface area (Å²) < 4.78 is 10.6. The Hall–Kier alpha value is -0.940. The number of aromatic amines is 1. The average molecular weight is 185 g/mol. The Bertz CT molecular complexity index is 243. The minimum Gasteiger partial charge on any atom is -0.346 e. The van der Waals surface area contributed by atoms with Crippen LogP contribution in [-0.4, -0.2) is 28.4 Å². The van der Waals surface area contributed by atoms with Gasteiger partial charge in [0, 0.05) is 13.2 Å². The molecule has 0 saturated heterocycles. The molecular formula is C8H15N3O2. The molecule has 0 aliphatic heterocycles. The predicted octanol–water partition coefficient (Wildman–Crippen LogP) is 1.18. The van der Waals surface area contributed by atoms with Gasteiger partial charge in [-0.05, 0) is 20.8 Å². The van der Waals surface area contributed by atoms with Crippen LogP contribution in [0.5, 0.6) is 0 Å². The molecule has 0 saturated carbocycles. The van der Waals surface area contributed by atoms with Gasteiger partial charge in [-0.25, -0.2) is 4.98 Å². The highest BCUT2D eigenvalue weighted by atomic mass is 16.7. The van der Waals surface area contributed by atoms with Crippen molar-refractivity contribution in [3.05, 3.63) is 11.6 Å². The first-order valence-corrected chi connectivity index (χ1v) is 4.40. The van der Waals surface area contributed by atoms with E-state index in [2.05, 4.69) is 15.2 Å². The van der Waals surface area contributed by atoms with E-state index in [-0.39, 0.29) is 0 Å². The average Bonchev–Trinajstić information content (AvgIpc) is 2.51. The van der Waals surface area contributed by atoms with Crippen molar-refractivity contribution in [1.82, 2.24) is 15.2 Å². The quantitative estimate of drug-likeness (QED) is 0.700. The highest BCUT2D eigenvalue weighted by Crippen LogP contribution is 2.13. The van der Waals surface area contributed by atoms with Crippen LogP contribution < -0.4 is 0 Å². The van der Waals surface area contributed by atoms with Gasteiger partial charge >= 0.3 is 0 Å². The summed E-state index contributed by atoms with van der Waals surface area (Å²) in [6.45, 7) is 6.82. The van der Waals surface area contributed by atoms with E-state index >= 15 is 0 Å². The number of rotatable bonds is 5. The fourth-order valence-electron chi connectivity index (χ4n) is 0.965. The molecule has 1 rings (SSSR count). The maximum Gasteiger partial charge on any atom is 0.221 e. The minimum atomic E-state index is -0.444. The number of aryl methyl sites for hydroxylation is 1. The molecule has 1 heterocycles. The molecule has 0 amide bonds. The van der Waals surface area contributed by atoms with Gasteiger partial charge in [-0.15, -0.1) is 0 Å². The van der Waals surface area contributed by atoms with Gasteiger partial charge in [0.1, 0.15) is 5.82 Å². The molecule has 0 radical (unpaired) electrons. The van der Waals surface area contributed by atoms with Crippen molar-refractivity contribution in [3.63, 3.8) is 0 Å². The zero-order valence-electron chi connectivity index (χ0n) is 8.20. The van der Waals surface area contributed by atoms with E-state index in [1.165, 1.54) is 0 Å².